The first kappa shape index (κ1) is 21.7. The van der Waals surface area contributed by atoms with Gasteiger partial charge in [-0.3, -0.25) is 9.59 Å². The maximum atomic E-state index is 13.4. The van der Waals surface area contributed by atoms with Gasteiger partial charge in [-0.1, -0.05) is 58.2 Å². The lowest BCUT2D eigenvalue weighted by atomic mass is 9.68. The van der Waals surface area contributed by atoms with Crippen LogP contribution < -0.4 is 5.32 Å². The molecule has 1 aromatic rings. The summed E-state index contributed by atoms with van der Waals surface area (Å²) in [6, 6.07) is 7.63. The van der Waals surface area contributed by atoms with E-state index in [1.54, 1.807) is 0 Å². The van der Waals surface area contributed by atoms with Crippen LogP contribution in [0.15, 0.2) is 41.8 Å². The minimum atomic E-state index is -0.326. The Morgan fingerprint density at radius 2 is 1.89 bits per heavy atom. The molecule has 1 fully saturated rings. The summed E-state index contributed by atoms with van der Waals surface area (Å²) in [6.07, 6.45) is 9.14. The van der Waals surface area contributed by atoms with E-state index in [9.17, 15) is 9.59 Å². The third-order valence-corrected chi connectivity index (χ3v) is 6.87. The molecule has 2 rings (SSSR count). The van der Waals surface area contributed by atoms with Gasteiger partial charge in [0.05, 0.1) is 11.1 Å². The summed E-state index contributed by atoms with van der Waals surface area (Å²) in [5.41, 5.74) is 0.422. The van der Waals surface area contributed by atoms with Gasteiger partial charge in [0.15, 0.2) is 5.12 Å². The van der Waals surface area contributed by atoms with Gasteiger partial charge in [-0.15, -0.1) is 6.58 Å². The highest BCUT2D eigenvalue weighted by Gasteiger charge is 2.40. The van der Waals surface area contributed by atoms with Crippen molar-refractivity contribution in [2.75, 3.05) is 5.32 Å². The van der Waals surface area contributed by atoms with Gasteiger partial charge < -0.3 is 5.32 Å². The maximum Gasteiger partial charge on any atom is 0.230 e. The van der Waals surface area contributed by atoms with Crippen LogP contribution in [0, 0.1) is 17.3 Å². The fourth-order valence-electron chi connectivity index (χ4n) is 3.79. The van der Waals surface area contributed by atoms with Crippen molar-refractivity contribution in [1.29, 1.82) is 0 Å². The van der Waals surface area contributed by atoms with E-state index in [0.29, 0.717) is 5.92 Å². The molecule has 1 aromatic carbocycles. The van der Waals surface area contributed by atoms with E-state index in [1.165, 1.54) is 18.2 Å². The molecule has 1 aliphatic carbocycles. The van der Waals surface area contributed by atoms with Gasteiger partial charge in [-0.2, -0.15) is 0 Å². The number of para-hydroxylation sites is 1. The Hall–Kier alpha value is -1.55. The largest absolute Gasteiger partial charge is 0.325 e. The number of hydrogen-bond acceptors (Lipinski definition) is 3. The standard InChI is InChI=1S/C23H33NO2S/c1-5-18(6-2)16-23(14-10-7-11-15-23)22(26)24-19-12-8-9-13-20(19)27-21(25)17(3)4/h5,8-9,12-13,17-18H,1,6-7,10-11,14-16H2,2-4H3,(H,24,26). The molecule has 0 bridgehead atoms. The van der Waals surface area contributed by atoms with E-state index in [-0.39, 0.29) is 22.4 Å². The molecule has 1 unspecified atom stereocenters. The molecule has 1 amide bonds. The maximum absolute atomic E-state index is 13.4. The van der Waals surface area contributed by atoms with E-state index in [1.807, 2.05) is 44.2 Å². The number of carbonyl (C=O) groups is 2. The van der Waals surface area contributed by atoms with Crippen LogP contribution in [0.2, 0.25) is 0 Å². The van der Waals surface area contributed by atoms with Crippen LogP contribution in [0.4, 0.5) is 5.69 Å². The van der Waals surface area contributed by atoms with Crippen molar-refractivity contribution in [1.82, 2.24) is 0 Å². The normalized spacial score (nSPS) is 17.3. The Labute approximate surface area is 168 Å². The number of allylic oxidation sites excluding steroid dienone is 1. The lowest BCUT2D eigenvalue weighted by molar-refractivity contribution is -0.128. The Bertz CT molecular complexity index is 662. The summed E-state index contributed by atoms with van der Waals surface area (Å²) in [5, 5.41) is 3.29. The van der Waals surface area contributed by atoms with Crippen LogP contribution in [0.1, 0.15) is 65.7 Å². The molecule has 0 radical (unpaired) electrons. The molecule has 27 heavy (non-hydrogen) atoms. The van der Waals surface area contributed by atoms with Crippen LogP contribution in [0.3, 0.4) is 0 Å². The monoisotopic (exact) mass is 387 g/mol. The van der Waals surface area contributed by atoms with E-state index >= 15 is 0 Å². The highest BCUT2D eigenvalue weighted by molar-refractivity contribution is 8.13. The quantitative estimate of drug-likeness (QED) is 0.412. The lowest BCUT2D eigenvalue weighted by Gasteiger charge is -2.38. The van der Waals surface area contributed by atoms with Crippen LogP contribution in [-0.4, -0.2) is 11.0 Å². The molecule has 3 nitrogen and oxygen atoms in total. The summed E-state index contributed by atoms with van der Waals surface area (Å²) < 4.78 is 0. The van der Waals surface area contributed by atoms with Gasteiger partial charge in [-0.05, 0) is 55.5 Å². The number of amides is 1. The number of nitrogens with one attached hydrogen (secondary N) is 1. The molecule has 0 spiro atoms. The summed E-state index contributed by atoms with van der Waals surface area (Å²) >= 11 is 1.22. The van der Waals surface area contributed by atoms with Crippen LogP contribution in [0.25, 0.3) is 0 Å². The molecule has 1 aliphatic rings. The number of benzene rings is 1. The van der Waals surface area contributed by atoms with Gasteiger partial charge in [0.1, 0.15) is 0 Å². The molecule has 0 saturated heterocycles. The molecule has 1 N–H and O–H groups in total. The fraction of sp³-hybridized carbons (Fsp3) is 0.565. The molecule has 4 heteroatoms. The first-order valence-electron chi connectivity index (χ1n) is 10.2. The Morgan fingerprint density at radius 1 is 1.22 bits per heavy atom. The minimum Gasteiger partial charge on any atom is -0.325 e. The van der Waals surface area contributed by atoms with Gasteiger partial charge in [0, 0.05) is 10.8 Å². The molecule has 0 aromatic heterocycles. The predicted octanol–water partition coefficient (Wildman–Crippen LogP) is 6.45. The van der Waals surface area contributed by atoms with Crippen molar-refractivity contribution in [2.24, 2.45) is 17.3 Å². The van der Waals surface area contributed by atoms with Gasteiger partial charge in [0.25, 0.3) is 0 Å². The zero-order valence-electron chi connectivity index (χ0n) is 16.9. The second kappa shape index (κ2) is 10.1. The molecule has 0 heterocycles. The van der Waals surface area contributed by atoms with Gasteiger partial charge >= 0.3 is 0 Å². The van der Waals surface area contributed by atoms with Crippen LogP contribution in [0.5, 0.6) is 0 Å². The average molecular weight is 388 g/mol. The van der Waals surface area contributed by atoms with Gasteiger partial charge in [-0.25, -0.2) is 0 Å². The second-order valence-corrected chi connectivity index (χ2v) is 9.02. The van der Waals surface area contributed by atoms with Crippen molar-refractivity contribution in [3.05, 3.63) is 36.9 Å². The van der Waals surface area contributed by atoms with Gasteiger partial charge in [0.2, 0.25) is 5.91 Å². The molecule has 1 atom stereocenters. The molecule has 1 saturated carbocycles. The average Bonchev–Trinajstić information content (AvgIpc) is 2.68. The minimum absolute atomic E-state index is 0.0404. The van der Waals surface area contributed by atoms with Crippen molar-refractivity contribution < 1.29 is 9.59 Å². The summed E-state index contributed by atoms with van der Waals surface area (Å²) in [4.78, 5) is 26.4. The Balaban J connectivity index is 2.22. The van der Waals surface area contributed by atoms with Crippen LogP contribution in [-0.2, 0) is 9.59 Å². The second-order valence-electron chi connectivity index (χ2n) is 7.98. The van der Waals surface area contributed by atoms with E-state index in [0.717, 1.165) is 49.1 Å². The smallest absolute Gasteiger partial charge is 0.230 e. The van der Waals surface area contributed by atoms with Crippen molar-refractivity contribution >= 4 is 28.5 Å². The van der Waals surface area contributed by atoms with E-state index < -0.39 is 0 Å². The first-order chi connectivity index (χ1) is 12.9. The zero-order valence-corrected chi connectivity index (χ0v) is 17.7. The zero-order chi connectivity index (χ0) is 19.9. The van der Waals surface area contributed by atoms with Crippen molar-refractivity contribution in [3.8, 4) is 0 Å². The van der Waals surface area contributed by atoms with E-state index in [2.05, 4.69) is 18.8 Å². The SMILES string of the molecule is C=CC(CC)CC1(C(=O)Nc2ccccc2SC(=O)C(C)C)CCCCC1. The molecular formula is C23H33NO2S. The number of carbonyl (C=O) groups excluding carboxylic acids is 2. The number of hydrogen-bond donors (Lipinski definition) is 1. The summed E-state index contributed by atoms with van der Waals surface area (Å²) in [6.45, 7) is 9.91. The molecular weight excluding hydrogens is 354 g/mol. The highest BCUT2D eigenvalue weighted by atomic mass is 32.2. The third-order valence-electron chi connectivity index (χ3n) is 5.62. The van der Waals surface area contributed by atoms with Crippen molar-refractivity contribution in [2.45, 2.75) is 70.6 Å². The molecule has 0 aliphatic heterocycles. The number of thioether (sulfide) groups is 1. The first-order valence-corrected chi connectivity index (χ1v) is 11.0. The fourth-order valence-corrected chi connectivity index (χ4v) is 4.62. The van der Waals surface area contributed by atoms with Crippen molar-refractivity contribution in [3.63, 3.8) is 0 Å². The highest BCUT2D eigenvalue weighted by Crippen LogP contribution is 2.44. The number of anilines is 1. The molecule has 148 valence electrons. The number of rotatable bonds is 8. The van der Waals surface area contributed by atoms with Crippen LogP contribution >= 0.6 is 11.8 Å². The lowest BCUT2D eigenvalue weighted by Crippen LogP contribution is -2.39. The third kappa shape index (κ3) is 5.71. The predicted molar refractivity (Wildman–Crippen MR) is 115 cm³/mol. The van der Waals surface area contributed by atoms with E-state index in [4.69, 9.17) is 0 Å². The summed E-state index contributed by atoms with van der Waals surface area (Å²) in [7, 11) is 0. The topological polar surface area (TPSA) is 46.2 Å². The Kier molecular flexibility index (Phi) is 8.15. The Morgan fingerprint density at radius 3 is 2.48 bits per heavy atom. The summed E-state index contributed by atoms with van der Waals surface area (Å²) in [5.74, 6) is 0.426.